The topological polar surface area (TPSA) is 79.0 Å². The van der Waals surface area contributed by atoms with Gasteiger partial charge in [0.15, 0.2) is 0 Å². The number of rotatable bonds is 4. The van der Waals surface area contributed by atoms with Crippen LogP contribution in [0.25, 0.3) is 0 Å². The fourth-order valence-corrected chi connectivity index (χ4v) is 6.97. The van der Waals surface area contributed by atoms with Crippen LogP contribution in [-0.4, -0.2) is 54.0 Å². The number of amides is 3. The molecular formula is C27H35N3O4. The van der Waals surface area contributed by atoms with Crippen molar-refractivity contribution in [2.75, 3.05) is 18.1 Å². The largest absolute Gasteiger partial charge is 0.380 e. The molecule has 1 N–H and O–H groups in total. The highest BCUT2D eigenvalue weighted by atomic mass is 16.5. The maximum Gasteiger partial charge on any atom is 0.255 e. The van der Waals surface area contributed by atoms with Crippen LogP contribution in [0.2, 0.25) is 0 Å². The van der Waals surface area contributed by atoms with E-state index >= 15 is 0 Å². The Labute approximate surface area is 201 Å². The molecule has 5 aliphatic rings. The molecule has 2 saturated heterocycles. The minimum Gasteiger partial charge on any atom is -0.380 e. The van der Waals surface area contributed by atoms with Gasteiger partial charge >= 0.3 is 0 Å². The molecule has 3 amide bonds. The predicted molar refractivity (Wildman–Crippen MR) is 127 cm³/mol. The van der Waals surface area contributed by atoms with E-state index in [-0.39, 0.29) is 24.1 Å². The summed E-state index contributed by atoms with van der Waals surface area (Å²) in [5, 5.41) is 2.40. The lowest BCUT2D eigenvalue weighted by atomic mass is 9.70. The normalized spacial score (nSPS) is 27.5. The number of piperidine rings is 1. The van der Waals surface area contributed by atoms with Gasteiger partial charge < -0.3 is 14.5 Å². The summed E-state index contributed by atoms with van der Waals surface area (Å²) in [6.45, 7) is 2.30. The van der Waals surface area contributed by atoms with E-state index in [1.54, 1.807) is 4.90 Å². The molecule has 0 aromatic heterocycles. The molecule has 6 rings (SSSR count). The second kappa shape index (κ2) is 8.67. The molecule has 4 fully saturated rings. The number of hydrogen-bond acceptors (Lipinski definition) is 5. The molecule has 7 heteroatoms. The van der Waals surface area contributed by atoms with Crippen LogP contribution < -0.4 is 10.2 Å². The highest BCUT2D eigenvalue weighted by molar-refractivity contribution is 6.05. The Morgan fingerprint density at radius 1 is 0.941 bits per heavy atom. The Balaban J connectivity index is 1.25. The summed E-state index contributed by atoms with van der Waals surface area (Å²) in [5.41, 5.74) is 3.37. The zero-order valence-corrected chi connectivity index (χ0v) is 19.9. The zero-order chi connectivity index (χ0) is 23.3. The Kier molecular flexibility index (Phi) is 5.63. The molecule has 1 unspecified atom stereocenters. The zero-order valence-electron chi connectivity index (χ0n) is 19.9. The third-order valence-electron chi connectivity index (χ3n) is 9.00. The van der Waals surface area contributed by atoms with Crippen molar-refractivity contribution in [2.45, 2.75) is 95.3 Å². The first kappa shape index (κ1) is 22.1. The molecule has 0 radical (unpaired) electrons. The van der Waals surface area contributed by atoms with Gasteiger partial charge in [0.1, 0.15) is 6.04 Å². The second-order valence-electron chi connectivity index (χ2n) is 11.2. The lowest BCUT2D eigenvalue weighted by Gasteiger charge is -2.50. The summed E-state index contributed by atoms with van der Waals surface area (Å²) in [4.78, 5) is 41.5. The number of nitrogens with one attached hydrogen (secondary N) is 1. The SMILES string of the molecule is O=C1CCC(N2Cc3cc(N(C4CCCCC4)C4CCC5(CC4)COC5)ccc3C2=O)C(=O)N1. The quantitative estimate of drug-likeness (QED) is 0.688. The molecule has 1 aromatic rings. The first-order valence-electron chi connectivity index (χ1n) is 13.2. The van der Waals surface area contributed by atoms with Gasteiger partial charge in [0, 0.05) is 41.7 Å². The van der Waals surface area contributed by atoms with E-state index in [1.165, 1.54) is 63.5 Å². The van der Waals surface area contributed by atoms with Gasteiger partial charge in [-0.2, -0.15) is 0 Å². The number of imide groups is 1. The summed E-state index contributed by atoms with van der Waals surface area (Å²) in [6, 6.07) is 6.86. The number of nitrogens with zero attached hydrogens (tertiary/aromatic N) is 2. The highest BCUT2D eigenvalue weighted by Crippen LogP contribution is 2.45. The lowest BCUT2D eigenvalue weighted by molar-refractivity contribution is -0.136. The van der Waals surface area contributed by atoms with Gasteiger partial charge in [-0.1, -0.05) is 19.3 Å². The van der Waals surface area contributed by atoms with Crippen LogP contribution in [0.1, 0.15) is 86.6 Å². The third-order valence-corrected chi connectivity index (χ3v) is 9.00. The molecule has 2 saturated carbocycles. The number of fused-ring (bicyclic) bond motifs is 1. The average Bonchev–Trinajstić information content (AvgIpc) is 3.15. The van der Waals surface area contributed by atoms with Crippen molar-refractivity contribution >= 4 is 23.4 Å². The number of hydrogen-bond donors (Lipinski definition) is 1. The van der Waals surface area contributed by atoms with E-state index < -0.39 is 6.04 Å². The smallest absolute Gasteiger partial charge is 0.255 e. The van der Waals surface area contributed by atoms with Crippen molar-refractivity contribution in [2.24, 2.45) is 5.41 Å². The molecule has 34 heavy (non-hydrogen) atoms. The van der Waals surface area contributed by atoms with Gasteiger partial charge in [-0.3, -0.25) is 19.7 Å². The molecule has 182 valence electrons. The van der Waals surface area contributed by atoms with Gasteiger partial charge in [0.2, 0.25) is 11.8 Å². The summed E-state index contributed by atoms with van der Waals surface area (Å²) in [6.07, 6.45) is 12.0. The van der Waals surface area contributed by atoms with Crippen molar-refractivity contribution in [3.8, 4) is 0 Å². The molecule has 7 nitrogen and oxygen atoms in total. The second-order valence-corrected chi connectivity index (χ2v) is 11.2. The molecular weight excluding hydrogens is 430 g/mol. The number of benzene rings is 1. The van der Waals surface area contributed by atoms with Gasteiger partial charge in [-0.05, 0) is 68.7 Å². The molecule has 0 bridgehead atoms. The van der Waals surface area contributed by atoms with Crippen LogP contribution in [-0.2, 0) is 20.9 Å². The van der Waals surface area contributed by atoms with Crippen molar-refractivity contribution in [1.29, 1.82) is 0 Å². The number of carbonyl (C=O) groups excluding carboxylic acids is 3. The van der Waals surface area contributed by atoms with Crippen LogP contribution >= 0.6 is 0 Å². The van der Waals surface area contributed by atoms with Gasteiger partial charge in [-0.15, -0.1) is 0 Å². The molecule has 2 aliphatic carbocycles. The summed E-state index contributed by atoms with van der Waals surface area (Å²) < 4.78 is 5.55. The van der Waals surface area contributed by atoms with Crippen LogP contribution in [0.15, 0.2) is 18.2 Å². The van der Waals surface area contributed by atoms with Gasteiger partial charge in [-0.25, -0.2) is 0 Å². The van der Waals surface area contributed by atoms with E-state index in [4.69, 9.17) is 4.74 Å². The summed E-state index contributed by atoms with van der Waals surface area (Å²) >= 11 is 0. The number of carbonyl (C=O) groups is 3. The van der Waals surface area contributed by atoms with Crippen molar-refractivity contribution in [3.05, 3.63) is 29.3 Å². The summed E-state index contributed by atoms with van der Waals surface area (Å²) in [5.74, 6) is -0.694. The maximum atomic E-state index is 13.2. The summed E-state index contributed by atoms with van der Waals surface area (Å²) in [7, 11) is 0. The molecule has 1 spiro atoms. The molecule has 1 atom stereocenters. The van der Waals surface area contributed by atoms with Crippen LogP contribution in [0.4, 0.5) is 5.69 Å². The monoisotopic (exact) mass is 465 g/mol. The molecule has 1 aromatic carbocycles. The Morgan fingerprint density at radius 3 is 2.35 bits per heavy atom. The highest BCUT2D eigenvalue weighted by Gasteiger charge is 2.44. The van der Waals surface area contributed by atoms with E-state index in [0.29, 0.717) is 36.0 Å². The average molecular weight is 466 g/mol. The van der Waals surface area contributed by atoms with E-state index in [1.807, 2.05) is 6.07 Å². The maximum absolute atomic E-state index is 13.2. The van der Waals surface area contributed by atoms with E-state index in [0.717, 1.165) is 18.8 Å². The molecule has 3 heterocycles. The fraction of sp³-hybridized carbons (Fsp3) is 0.667. The van der Waals surface area contributed by atoms with Crippen LogP contribution in [0.5, 0.6) is 0 Å². The standard InChI is InChI=1S/C27H35N3O4/c31-24-9-8-23(25(32)28-24)29-15-18-14-21(6-7-22(18)26(29)33)30(19-4-2-1-3-5-19)20-10-12-27(13-11-20)16-34-17-27/h6-7,14,19-20,23H,1-5,8-13,15-17H2,(H,28,31,32). The van der Waals surface area contributed by atoms with Gasteiger partial charge in [0.05, 0.1) is 13.2 Å². The van der Waals surface area contributed by atoms with Crippen molar-refractivity contribution in [1.82, 2.24) is 10.2 Å². The van der Waals surface area contributed by atoms with Crippen molar-refractivity contribution < 1.29 is 19.1 Å². The predicted octanol–water partition coefficient (Wildman–Crippen LogP) is 3.55. The molecule has 3 aliphatic heterocycles. The van der Waals surface area contributed by atoms with Crippen molar-refractivity contribution in [3.63, 3.8) is 0 Å². The number of anilines is 1. The lowest BCUT2D eigenvalue weighted by Crippen LogP contribution is -2.52. The van der Waals surface area contributed by atoms with E-state index in [2.05, 4.69) is 22.3 Å². The van der Waals surface area contributed by atoms with Gasteiger partial charge in [0.25, 0.3) is 5.91 Å². The number of ether oxygens (including phenoxy) is 1. The first-order chi connectivity index (χ1) is 16.5. The Bertz CT molecular complexity index is 988. The van der Waals surface area contributed by atoms with Crippen LogP contribution in [0.3, 0.4) is 0 Å². The fourth-order valence-electron chi connectivity index (χ4n) is 6.97. The minimum absolute atomic E-state index is 0.0927. The third kappa shape index (κ3) is 3.82. The van der Waals surface area contributed by atoms with E-state index in [9.17, 15) is 14.4 Å². The Morgan fingerprint density at radius 2 is 1.68 bits per heavy atom. The Hall–Kier alpha value is -2.41. The minimum atomic E-state index is -0.560. The van der Waals surface area contributed by atoms with Crippen LogP contribution in [0, 0.1) is 5.41 Å². The first-order valence-corrected chi connectivity index (χ1v) is 13.2.